The fourth-order valence-corrected chi connectivity index (χ4v) is 14.3. The minimum Gasteiger partial charge on any atom is -0.310 e. The number of rotatable bonds is 7. The van der Waals surface area contributed by atoms with Crippen molar-refractivity contribution in [1.29, 1.82) is 0 Å². The SMILES string of the molecule is C[C@H]1C[C@H]2C[C@H]3CC(c4ccc(-c5ccc(N(c6ccc(-c7cccc(-n8c9ccccc9c9cc%10ccccc%10cc98)c7)cc6)c6ccc7c(c6)sc6ccccc67)cc5)cc4)(C1)C23. The van der Waals surface area contributed by atoms with Gasteiger partial charge in [0.1, 0.15) is 0 Å². The molecule has 2 nitrogen and oxygen atoms in total. The lowest BCUT2D eigenvalue weighted by Gasteiger charge is -2.70. The summed E-state index contributed by atoms with van der Waals surface area (Å²) < 4.78 is 5.06. The first-order valence-corrected chi connectivity index (χ1v) is 24.4. The first-order valence-electron chi connectivity index (χ1n) is 23.6. The van der Waals surface area contributed by atoms with Gasteiger partial charge in [-0.15, -0.1) is 11.3 Å². The van der Waals surface area contributed by atoms with Gasteiger partial charge in [-0.05, 0) is 166 Å². The summed E-state index contributed by atoms with van der Waals surface area (Å²) >= 11 is 1.87. The Morgan fingerprint density at radius 3 is 1.88 bits per heavy atom. The van der Waals surface area contributed by atoms with E-state index in [9.17, 15) is 0 Å². The first-order chi connectivity index (χ1) is 32.0. The Balaban J connectivity index is 0.820. The van der Waals surface area contributed by atoms with Crippen LogP contribution in [0.1, 0.15) is 38.2 Å². The van der Waals surface area contributed by atoms with Crippen LogP contribution in [-0.4, -0.2) is 4.57 Å². The van der Waals surface area contributed by atoms with E-state index in [-0.39, 0.29) is 0 Å². The third-order valence-electron chi connectivity index (χ3n) is 15.9. The van der Waals surface area contributed by atoms with E-state index in [0.717, 1.165) is 46.4 Å². The van der Waals surface area contributed by atoms with Crippen LogP contribution in [0.3, 0.4) is 0 Å². The lowest BCUT2D eigenvalue weighted by atomic mass is 9.34. The minimum absolute atomic E-state index is 0.435. The molecule has 2 heterocycles. The van der Waals surface area contributed by atoms with E-state index in [0.29, 0.717) is 5.41 Å². The molecule has 3 fully saturated rings. The van der Waals surface area contributed by atoms with Crippen molar-refractivity contribution in [2.45, 2.75) is 38.0 Å². The zero-order valence-corrected chi connectivity index (χ0v) is 37.3. The Kier molecular flexibility index (Phi) is 8.22. The molecule has 0 bridgehead atoms. The molecule has 11 aromatic rings. The van der Waals surface area contributed by atoms with Crippen molar-refractivity contribution in [2.24, 2.45) is 23.7 Å². The fourth-order valence-electron chi connectivity index (χ4n) is 13.2. The summed E-state index contributed by atoms with van der Waals surface area (Å²) in [5.74, 6) is 3.74. The highest BCUT2D eigenvalue weighted by Gasteiger charge is 2.65. The molecule has 3 aliphatic carbocycles. The van der Waals surface area contributed by atoms with Crippen molar-refractivity contribution < 1.29 is 0 Å². The number of hydrogen-bond acceptors (Lipinski definition) is 2. The van der Waals surface area contributed by atoms with E-state index >= 15 is 0 Å². The quantitative estimate of drug-likeness (QED) is 0.155. The summed E-state index contributed by atoms with van der Waals surface area (Å²) in [5, 5.41) is 7.70. The second-order valence-corrected chi connectivity index (χ2v) is 20.7. The molecule has 3 aliphatic rings. The Hall–Kier alpha value is -6.94. The summed E-state index contributed by atoms with van der Waals surface area (Å²) in [5.41, 5.74) is 14.0. The molecule has 2 unspecified atom stereocenters. The zero-order chi connectivity index (χ0) is 42.8. The molecule has 0 spiro atoms. The standard InChI is InChI=1S/C62H48N2S/c1-39-31-46-32-47-38-62(37-39,61(46)47)48-23-17-40(18-24-48)41-19-25-49(26-20-41)63(52-29-30-55-54-14-5-7-16-59(54)65-60(55)36-52)50-27-21-42(22-28-50)43-11-8-12-51(33-43)64-57-15-6-4-13-53(57)56-34-44-9-2-3-10-45(44)35-58(56)64/h2-30,33-36,39,46-47,61H,31-32,37-38H2,1H3/t39-,46-,47-,61?,62?/m0/s1. The van der Waals surface area contributed by atoms with Gasteiger partial charge in [0.05, 0.1) is 11.0 Å². The molecule has 14 rings (SSSR count). The van der Waals surface area contributed by atoms with Gasteiger partial charge in [-0.2, -0.15) is 0 Å². The predicted octanol–water partition coefficient (Wildman–Crippen LogP) is 17.4. The summed E-state index contributed by atoms with van der Waals surface area (Å²) in [6.45, 7) is 2.49. The fraction of sp³-hybridized carbons (Fsp3) is 0.161. The molecular formula is C62H48N2S. The van der Waals surface area contributed by atoms with E-state index in [2.05, 4.69) is 217 Å². The smallest absolute Gasteiger partial charge is 0.0547 e. The third kappa shape index (κ3) is 5.78. The monoisotopic (exact) mass is 852 g/mol. The lowest BCUT2D eigenvalue weighted by Crippen LogP contribution is -2.65. The highest BCUT2D eigenvalue weighted by atomic mass is 32.1. The normalized spacial score (nSPS) is 21.1. The summed E-state index contributed by atoms with van der Waals surface area (Å²) in [6.07, 6.45) is 5.71. The molecular weight excluding hydrogens is 805 g/mol. The molecule has 0 N–H and O–H groups in total. The van der Waals surface area contributed by atoms with Crippen molar-refractivity contribution in [3.8, 4) is 27.9 Å². The highest BCUT2D eigenvalue weighted by Crippen LogP contribution is 2.71. The molecule has 9 aromatic carbocycles. The first kappa shape index (κ1) is 37.4. The number of benzene rings is 9. The molecule has 5 atom stereocenters. The summed E-state index contributed by atoms with van der Waals surface area (Å²) in [4.78, 5) is 2.42. The average Bonchev–Trinajstić information content (AvgIpc) is 3.87. The van der Waals surface area contributed by atoms with Gasteiger partial charge in [-0.3, -0.25) is 0 Å². The van der Waals surface area contributed by atoms with Gasteiger partial charge in [-0.1, -0.05) is 134 Å². The van der Waals surface area contributed by atoms with Crippen LogP contribution in [0.5, 0.6) is 0 Å². The number of fused-ring (bicyclic) bond motifs is 7. The van der Waals surface area contributed by atoms with Crippen LogP contribution in [0.25, 0.3) is 80.7 Å². The van der Waals surface area contributed by atoms with E-state index in [1.54, 1.807) is 5.56 Å². The van der Waals surface area contributed by atoms with Crippen LogP contribution in [0.2, 0.25) is 0 Å². The van der Waals surface area contributed by atoms with Crippen LogP contribution < -0.4 is 4.90 Å². The number of anilines is 3. The van der Waals surface area contributed by atoms with E-state index in [1.165, 1.54) is 101 Å². The van der Waals surface area contributed by atoms with E-state index in [4.69, 9.17) is 0 Å². The van der Waals surface area contributed by atoms with Crippen molar-refractivity contribution in [2.75, 3.05) is 4.90 Å². The zero-order valence-electron chi connectivity index (χ0n) is 36.5. The van der Waals surface area contributed by atoms with Crippen LogP contribution in [0.4, 0.5) is 17.1 Å². The average molecular weight is 853 g/mol. The Morgan fingerprint density at radius 1 is 0.462 bits per heavy atom. The molecule has 312 valence electrons. The maximum atomic E-state index is 2.49. The number of hydrogen-bond donors (Lipinski definition) is 0. The van der Waals surface area contributed by atoms with E-state index < -0.39 is 0 Å². The number of thiophene rings is 1. The van der Waals surface area contributed by atoms with Gasteiger partial charge in [0, 0.05) is 53.7 Å². The Morgan fingerprint density at radius 2 is 1.11 bits per heavy atom. The van der Waals surface area contributed by atoms with E-state index in [1.807, 2.05) is 11.3 Å². The summed E-state index contributed by atoms with van der Waals surface area (Å²) in [6, 6.07) is 75.1. The minimum atomic E-state index is 0.435. The molecule has 0 aliphatic heterocycles. The second-order valence-electron chi connectivity index (χ2n) is 19.6. The largest absolute Gasteiger partial charge is 0.310 e. The van der Waals surface area contributed by atoms with Gasteiger partial charge in [0.2, 0.25) is 0 Å². The molecule has 0 radical (unpaired) electrons. The maximum Gasteiger partial charge on any atom is 0.0547 e. The van der Waals surface area contributed by atoms with Gasteiger partial charge in [0.15, 0.2) is 0 Å². The molecule has 3 heteroatoms. The van der Waals surface area contributed by atoms with Gasteiger partial charge >= 0.3 is 0 Å². The van der Waals surface area contributed by atoms with Crippen molar-refractivity contribution in [3.05, 3.63) is 206 Å². The topological polar surface area (TPSA) is 8.17 Å². The predicted molar refractivity (Wildman–Crippen MR) is 277 cm³/mol. The van der Waals surface area contributed by atoms with Gasteiger partial charge in [-0.25, -0.2) is 0 Å². The van der Waals surface area contributed by atoms with Crippen LogP contribution in [0, 0.1) is 23.7 Å². The van der Waals surface area contributed by atoms with Gasteiger partial charge in [0.25, 0.3) is 0 Å². The van der Waals surface area contributed by atoms with Crippen LogP contribution in [-0.2, 0) is 5.41 Å². The van der Waals surface area contributed by atoms with Crippen LogP contribution in [0.15, 0.2) is 200 Å². The molecule has 3 saturated carbocycles. The van der Waals surface area contributed by atoms with Crippen molar-refractivity contribution in [1.82, 2.24) is 4.57 Å². The number of nitrogens with zero attached hydrogens (tertiary/aromatic N) is 2. The number of para-hydroxylation sites is 1. The number of aromatic nitrogens is 1. The second kappa shape index (κ2) is 14.3. The molecule has 65 heavy (non-hydrogen) atoms. The lowest BCUT2D eigenvalue weighted by molar-refractivity contribution is -0.159. The Labute approximate surface area is 384 Å². The molecule has 0 saturated heterocycles. The summed E-state index contributed by atoms with van der Waals surface area (Å²) in [7, 11) is 0. The van der Waals surface area contributed by atoms with Crippen molar-refractivity contribution >= 4 is 81.1 Å². The highest BCUT2D eigenvalue weighted by molar-refractivity contribution is 7.25. The van der Waals surface area contributed by atoms with Crippen LogP contribution >= 0.6 is 11.3 Å². The maximum absolute atomic E-state index is 2.49. The molecule has 0 amide bonds. The Bertz CT molecular complexity index is 3650. The van der Waals surface area contributed by atoms with Crippen molar-refractivity contribution in [3.63, 3.8) is 0 Å². The third-order valence-corrected chi connectivity index (χ3v) is 17.1. The van der Waals surface area contributed by atoms with Gasteiger partial charge < -0.3 is 9.47 Å². The molecule has 2 aromatic heterocycles.